The van der Waals surface area contributed by atoms with E-state index in [2.05, 4.69) is 33.1 Å². The number of carbonyl (C=O) groups excluding carboxylic acids is 1. The van der Waals surface area contributed by atoms with Gasteiger partial charge in [-0.1, -0.05) is 47.7 Å². The summed E-state index contributed by atoms with van der Waals surface area (Å²) in [4.78, 5) is 11.9. The number of rotatable bonds is 6. The van der Waals surface area contributed by atoms with Gasteiger partial charge in [-0.3, -0.25) is 4.68 Å². The Kier molecular flexibility index (Phi) is 5.19. The average molecular weight is 321 g/mol. The van der Waals surface area contributed by atoms with Crippen LogP contribution >= 0.6 is 0 Å². The summed E-state index contributed by atoms with van der Waals surface area (Å²) < 4.78 is 1.74. The smallest absolute Gasteiger partial charge is 0.319 e. The second-order valence-corrected chi connectivity index (χ2v) is 5.34. The molecule has 0 atom stereocenters. The van der Waals surface area contributed by atoms with Crippen molar-refractivity contribution in [3.63, 3.8) is 0 Å². The molecule has 1 aromatic heterocycles. The fourth-order valence-corrected chi connectivity index (χ4v) is 2.35. The first kappa shape index (κ1) is 15.7. The van der Waals surface area contributed by atoms with E-state index in [1.807, 2.05) is 42.5 Å². The van der Waals surface area contributed by atoms with Crippen LogP contribution < -0.4 is 10.6 Å². The summed E-state index contributed by atoms with van der Waals surface area (Å²) >= 11 is 0. The summed E-state index contributed by atoms with van der Waals surface area (Å²) in [5.41, 5.74) is 3.04. The molecule has 6 heteroatoms. The van der Waals surface area contributed by atoms with Gasteiger partial charge in [-0.25, -0.2) is 4.79 Å². The third-order valence-electron chi connectivity index (χ3n) is 3.57. The molecule has 0 bridgehead atoms. The number of benzene rings is 2. The zero-order valence-corrected chi connectivity index (χ0v) is 13.2. The lowest BCUT2D eigenvalue weighted by Crippen LogP contribution is -2.30. The third kappa shape index (κ3) is 4.42. The Labute approximate surface area is 140 Å². The number of anilines is 1. The van der Waals surface area contributed by atoms with Crippen molar-refractivity contribution >= 4 is 11.7 Å². The first-order valence-electron chi connectivity index (χ1n) is 7.86. The van der Waals surface area contributed by atoms with Crippen molar-refractivity contribution in [1.82, 2.24) is 20.3 Å². The van der Waals surface area contributed by atoms with Crippen LogP contribution in [-0.2, 0) is 6.54 Å². The highest BCUT2D eigenvalue weighted by Gasteiger charge is 2.02. The topological polar surface area (TPSA) is 71.8 Å². The highest BCUT2D eigenvalue weighted by Crippen LogP contribution is 2.20. The van der Waals surface area contributed by atoms with E-state index < -0.39 is 0 Å². The molecule has 0 radical (unpaired) electrons. The van der Waals surface area contributed by atoms with Crippen LogP contribution in [0.2, 0.25) is 0 Å². The van der Waals surface area contributed by atoms with Gasteiger partial charge < -0.3 is 10.6 Å². The second-order valence-electron chi connectivity index (χ2n) is 5.34. The predicted molar refractivity (Wildman–Crippen MR) is 93.5 cm³/mol. The number of aryl methyl sites for hydroxylation is 1. The van der Waals surface area contributed by atoms with Crippen molar-refractivity contribution in [2.75, 3.05) is 11.9 Å². The number of hydrogen-bond donors (Lipinski definition) is 2. The van der Waals surface area contributed by atoms with Gasteiger partial charge in [0.15, 0.2) is 0 Å². The van der Waals surface area contributed by atoms with Crippen molar-refractivity contribution in [3.8, 4) is 11.1 Å². The van der Waals surface area contributed by atoms with E-state index in [1.165, 1.54) is 0 Å². The molecule has 0 aliphatic rings. The fourth-order valence-electron chi connectivity index (χ4n) is 2.35. The van der Waals surface area contributed by atoms with Gasteiger partial charge in [0.05, 0.1) is 6.20 Å². The number of nitrogens with one attached hydrogen (secondary N) is 2. The van der Waals surface area contributed by atoms with E-state index in [9.17, 15) is 4.79 Å². The first-order chi connectivity index (χ1) is 11.8. The van der Waals surface area contributed by atoms with Gasteiger partial charge in [-0.15, -0.1) is 5.10 Å². The van der Waals surface area contributed by atoms with E-state index >= 15 is 0 Å². The molecule has 6 nitrogen and oxygen atoms in total. The van der Waals surface area contributed by atoms with Crippen molar-refractivity contribution in [3.05, 3.63) is 67.0 Å². The minimum atomic E-state index is -0.207. The molecular formula is C18H19N5O. The number of carbonyl (C=O) groups is 1. The summed E-state index contributed by atoms with van der Waals surface area (Å²) in [6.07, 6.45) is 4.23. The highest BCUT2D eigenvalue weighted by molar-refractivity contribution is 5.89. The lowest BCUT2D eigenvalue weighted by atomic mass is 10.1. The van der Waals surface area contributed by atoms with Gasteiger partial charge in [0.1, 0.15) is 0 Å². The molecule has 2 N–H and O–H groups in total. The monoisotopic (exact) mass is 321 g/mol. The largest absolute Gasteiger partial charge is 0.338 e. The first-order valence-corrected chi connectivity index (χ1v) is 7.86. The van der Waals surface area contributed by atoms with Gasteiger partial charge in [-0.2, -0.15) is 0 Å². The van der Waals surface area contributed by atoms with E-state index in [4.69, 9.17) is 0 Å². The summed E-state index contributed by atoms with van der Waals surface area (Å²) in [5, 5.41) is 13.3. The maximum atomic E-state index is 11.9. The molecule has 2 amide bonds. The normalized spacial score (nSPS) is 10.3. The van der Waals surface area contributed by atoms with Gasteiger partial charge in [0, 0.05) is 25.0 Å². The van der Waals surface area contributed by atoms with Crippen LogP contribution in [0.4, 0.5) is 10.5 Å². The van der Waals surface area contributed by atoms with E-state index in [0.29, 0.717) is 6.54 Å². The molecule has 0 aliphatic carbocycles. The van der Waals surface area contributed by atoms with Gasteiger partial charge in [0.25, 0.3) is 0 Å². The minimum absolute atomic E-state index is 0.207. The lowest BCUT2D eigenvalue weighted by Gasteiger charge is -2.08. The molecule has 24 heavy (non-hydrogen) atoms. The average Bonchev–Trinajstić information content (AvgIpc) is 3.14. The van der Waals surface area contributed by atoms with Crippen LogP contribution in [0.1, 0.15) is 6.42 Å². The predicted octanol–water partition coefficient (Wildman–Crippen LogP) is 3.16. The fraction of sp³-hybridized carbons (Fsp3) is 0.167. The molecule has 0 saturated carbocycles. The SMILES string of the molecule is O=C(NCCCn1ccnn1)Nc1ccc(-c2ccccc2)cc1. The number of nitrogens with zero attached hydrogens (tertiary/aromatic N) is 3. The Bertz CT molecular complexity index is 754. The van der Waals surface area contributed by atoms with Crippen molar-refractivity contribution in [1.29, 1.82) is 0 Å². The van der Waals surface area contributed by atoms with Crippen LogP contribution in [0.25, 0.3) is 11.1 Å². The maximum Gasteiger partial charge on any atom is 0.319 e. The van der Waals surface area contributed by atoms with Crippen molar-refractivity contribution in [2.24, 2.45) is 0 Å². The number of amides is 2. The van der Waals surface area contributed by atoms with Gasteiger partial charge in [0.2, 0.25) is 0 Å². The Hall–Kier alpha value is -3.15. The number of urea groups is 1. The Morgan fingerprint density at radius 1 is 1.00 bits per heavy atom. The van der Waals surface area contributed by atoms with Gasteiger partial charge in [-0.05, 0) is 29.7 Å². The molecule has 0 aliphatic heterocycles. The van der Waals surface area contributed by atoms with E-state index in [-0.39, 0.29) is 6.03 Å². The maximum absolute atomic E-state index is 11.9. The minimum Gasteiger partial charge on any atom is -0.338 e. The van der Waals surface area contributed by atoms with E-state index in [0.717, 1.165) is 29.8 Å². The highest BCUT2D eigenvalue weighted by atomic mass is 16.2. The Balaban J connectivity index is 1.44. The van der Waals surface area contributed by atoms with Crippen molar-refractivity contribution < 1.29 is 4.79 Å². The van der Waals surface area contributed by atoms with E-state index in [1.54, 1.807) is 17.1 Å². The molecule has 0 unspecified atom stereocenters. The molecule has 3 aromatic rings. The molecule has 3 rings (SSSR count). The summed E-state index contributed by atoms with van der Waals surface area (Å²) in [5.74, 6) is 0. The molecular weight excluding hydrogens is 302 g/mol. The quantitative estimate of drug-likeness (QED) is 0.685. The lowest BCUT2D eigenvalue weighted by molar-refractivity contribution is 0.251. The number of aromatic nitrogens is 3. The zero-order chi connectivity index (χ0) is 16.6. The van der Waals surface area contributed by atoms with Crippen molar-refractivity contribution in [2.45, 2.75) is 13.0 Å². The summed E-state index contributed by atoms with van der Waals surface area (Å²) in [6, 6.07) is 17.7. The zero-order valence-electron chi connectivity index (χ0n) is 13.2. The van der Waals surface area contributed by atoms with Crippen LogP contribution in [-0.4, -0.2) is 27.6 Å². The van der Waals surface area contributed by atoms with Crippen LogP contribution in [0.15, 0.2) is 67.0 Å². The Morgan fingerprint density at radius 2 is 1.75 bits per heavy atom. The van der Waals surface area contributed by atoms with Crippen LogP contribution in [0.5, 0.6) is 0 Å². The third-order valence-corrected chi connectivity index (χ3v) is 3.57. The molecule has 122 valence electrons. The number of hydrogen-bond acceptors (Lipinski definition) is 3. The Morgan fingerprint density at radius 3 is 2.46 bits per heavy atom. The van der Waals surface area contributed by atoms with Crippen LogP contribution in [0, 0.1) is 0 Å². The summed E-state index contributed by atoms with van der Waals surface area (Å²) in [6.45, 7) is 1.31. The summed E-state index contributed by atoms with van der Waals surface area (Å²) in [7, 11) is 0. The van der Waals surface area contributed by atoms with Gasteiger partial charge >= 0.3 is 6.03 Å². The molecule has 1 heterocycles. The second kappa shape index (κ2) is 7.92. The molecule has 0 spiro atoms. The molecule has 2 aromatic carbocycles. The standard InChI is InChI=1S/C18H19N5O/c24-18(19-11-4-13-23-14-12-20-22-23)21-17-9-7-16(8-10-17)15-5-2-1-3-6-15/h1-3,5-10,12,14H,4,11,13H2,(H2,19,21,24). The molecule has 0 fully saturated rings. The molecule has 0 saturated heterocycles. The van der Waals surface area contributed by atoms with Crippen LogP contribution in [0.3, 0.4) is 0 Å².